The Bertz CT molecular complexity index is 1270. The van der Waals surface area contributed by atoms with Crippen LogP contribution in [0.4, 0.5) is 8.78 Å². The van der Waals surface area contributed by atoms with Crippen molar-refractivity contribution >= 4 is 40.5 Å². The number of nitrogens with zero attached hydrogens (tertiary/aromatic N) is 1. The highest BCUT2D eigenvalue weighted by Crippen LogP contribution is 2.36. The van der Waals surface area contributed by atoms with Crippen LogP contribution in [0.3, 0.4) is 0 Å². The fraction of sp³-hybridized carbons (Fsp3) is 0.120. The SMILES string of the molecule is CCOc1cc(/C=C2/N=C(c3cccc(F)c3)OC2=O)cc(I)c1OCc1cccc(F)c1. The number of hydrogen-bond donors (Lipinski definition) is 0. The summed E-state index contributed by atoms with van der Waals surface area (Å²) in [6, 6.07) is 15.4. The molecule has 0 aliphatic carbocycles. The zero-order chi connectivity index (χ0) is 23.4. The van der Waals surface area contributed by atoms with Crippen LogP contribution >= 0.6 is 22.6 Å². The van der Waals surface area contributed by atoms with Gasteiger partial charge >= 0.3 is 5.97 Å². The van der Waals surface area contributed by atoms with Gasteiger partial charge in [0.25, 0.3) is 0 Å². The Balaban J connectivity index is 1.61. The van der Waals surface area contributed by atoms with Gasteiger partial charge in [0.1, 0.15) is 18.2 Å². The van der Waals surface area contributed by atoms with Gasteiger partial charge in [0.2, 0.25) is 5.90 Å². The van der Waals surface area contributed by atoms with E-state index in [1.165, 1.54) is 30.3 Å². The number of halogens is 3. The molecule has 0 saturated heterocycles. The summed E-state index contributed by atoms with van der Waals surface area (Å²) in [5.74, 6) is -0.378. The van der Waals surface area contributed by atoms with E-state index in [9.17, 15) is 13.6 Å². The van der Waals surface area contributed by atoms with E-state index in [4.69, 9.17) is 14.2 Å². The summed E-state index contributed by atoms with van der Waals surface area (Å²) in [6.07, 6.45) is 1.57. The van der Waals surface area contributed by atoms with E-state index in [0.717, 1.165) is 3.57 Å². The van der Waals surface area contributed by atoms with Crippen molar-refractivity contribution in [2.24, 2.45) is 4.99 Å². The molecule has 1 aliphatic heterocycles. The largest absolute Gasteiger partial charge is 0.490 e. The summed E-state index contributed by atoms with van der Waals surface area (Å²) in [4.78, 5) is 16.5. The van der Waals surface area contributed by atoms with Crippen LogP contribution < -0.4 is 9.47 Å². The molecule has 0 spiro atoms. The molecule has 5 nitrogen and oxygen atoms in total. The summed E-state index contributed by atoms with van der Waals surface area (Å²) < 4.78 is 44.5. The molecule has 0 bridgehead atoms. The van der Waals surface area contributed by atoms with E-state index >= 15 is 0 Å². The predicted molar refractivity (Wildman–Crippen MR) is 128 cm³/mol. The van der Waals surface area contributed by atoms with Gasteiger partial charge < -0.3 is 14.2 Å². The number of benzene rings is 3. The quantitative estimate of drug-likeness (QED) is 0.205. The standard InChI is InChI=1S/C25H18F2INO4/c1-2-31-22-12-16(10-20(28)23(22)32-14-15-5-3-7-18(26)9-15)11-21-25(30)33-24(29-21)17-6-4-8-19(27)13-17/h3-13H,2,14H2,1H3/b21-11+. The van der Waals surface area contributed by atoms with Gasteiger partial charge in [0.15, 0.2) is 17.2 Å². The summed E-state index contributed by atoms with van der Waals surface area (Å²) in [5, 5.41) is 0. The molecule has 168 valence electrons. The number of hydrogen-bond acceptors (Lipinski definition) is 5. The van der Waals surface area contributed by atoms with Gasteiger partial charge in [0.05, 0.1) is 10.2 Å². The molecule has 0 radical (unpaired) electrons. The number of rotatable bonds is 7. The van der Waals surface area contributed by atoms with Crippen LogP contribution in [0.5, 0.6) is 11.5 Å². The van der Waals surface area contributed by atoms with E-state index in [-0.39, 0.29) is 24.0 Å². The van der Waals surface area contributed by atoms with Gasteiger partial charge in [0, 0.05) is 5.56 Å². The molecule has 1 heterocycles. The normalized spacial score (nSPS) is 14.2. The lowest BCUT2D eigenvalue weighted by Gasteiger charge is -2.15. The number of cyclic esters (lactones) is 1. The van der Waals surface area contributed by atoms with Crippen LogP contribution in [0.25, 0.3) is 6.08 Å². The lowest BCUT2D eigenvalue weighted by molar-refractivity contribution is -0.129. The second-order valence-electron chi connectivity index (χ2n) is 7.03. The Hall–Kier alpha value is -3.27. The Kier molecular flexibility index (Phi) is 7.02. The lowest BCUT2D eigenvalue weighted by atomic mass is 10.1. The van der Waals surface area contributed by atoms with E-state index < -0.39 is 11.8 Å². The zero-order valence-electron chi connectivity index (χ0n) is 17.5. The molecular weight excluding hydrogens is 543 g/mol. The molecule has 0 atom stereocenters. The third-order valence-corrected chi connectivity index (χ3v) is 5.40. The summed E-state index contributed by atoms with van der Waals surface area (Å²) in [7, 11) is 0. The van der Waals surface area contributed by atoms with Crippen molar-refractivity contribution in [3.05, 3.63) is 98.3 Å². The number of carbonyl (C=O) groups excluding carboxylic acids is 1. The second-order valence-corrected chi connectivity index (χ2v) is 8.19. The zero-order valence-corrected chi connectivity index (χ0v) is 19.6. The monoisotopic (exact) mass is 561 g/mol. The maximum absolute atomic E-state index is 13.5. The Labute approximate surface area is 202 Å². The van der Waals surface area contributed by atoms with Gasteiger partial charge in [-0.05, 0) is 89.2 Å². The van der Waals surface area contributed by atoms with Crippen molar-refractivity contribution in [1.29, 1.82) is 0 Å². The fourth-order valence-electron chi connectivity index (χ4n) is 3.17. The molecule has 0 saturated carbocycles. The van der Waals surface area contributed by atoms with Gasteiger partial charge in [-0.3, -0.25) is 0 Å². The first-order chi connectivity index (χ1) is 15.9. The van der Waals surface area contributed by atoms with Crippen molar-refractivity contribution in [3.63, 3.8) is 0 Å². The third kappa shape index (κ3) is 5.57. The minimum absolute atomic E-state index is 0.0422. The average molecular weight is 561 g/mol. The van der Waals surface area contributed by atoms with Gasteiger partial charge in [-0.2, -0.15) is 0 Å². The predicted octanol–water partition coefficient (Wildman–Crippen LogP) is 5.89. The highest BCUT2D eigenvalue weighted by atomic mass is 127. The van der Waals surface area contributed by atoms with Crippen molar-refractivity contribution in [3.8, 4) is 11.5 Å². The number of esters is 1. The van der Waals surface area contributed by atoms with Crippen molar-refractivity contribution in [2.75, 3.05) is 6.61 Å². The molecule has 3 aromatic rings. The molecule has 0 amide bonds. The van der Waals surface area contributed by atoms with Gasteiger partial charge in [-0.25, -0.2) is 18.6 Å². The molecule has 1 aliphatic rings. The fourth-order valence-corrected chi connectivity index (χ4v) is 3.95. The molecule has 8 heteroatoms. The molecule has 0 unspecified atom stereocenters. The summed E-state index contributed by atoms with van der Waals surface area (Å²) >= 11 is 2.11. The summed E-state index contributed by atoms with van der Waals surface area (Å²) in [6.45, 7) is 2.41. The smallest absolute Gasteiger partial charge is 0.363 e. The number of ether oxygens (including phenoxy) is 3. The first-order valence-electron chi connectivity index (χ1n) is 10.0. The highest BCUT2D eigenvalue weighted by Gasteiger charge is 2.25. The Morgan fingerprint density at radius 1 is 1.03 bits per heavy atom. The van der Waals surface area contributed by atoms with Crippen LogP contribution in [-0.4, -0.2) is 18.5 Å². The first-order valence-corrected chi connectivity index (χ1v) is 11.1. The van der Waals surface area contributed by atoms with E-state index in [1.807, 2.05) is 6.92 Å². The van der Waals surface area contributed by atoms with Crippen LogP contribution in [0.15, 0.2) is 71.4 Å². The molecule has 3 aromatic carbocycles. The van der Waals surface area contributed by atoms with Gasteiger partial charge in [-0.1, -0.05) is 18.2 Å². The number of carbonyl (C=O) groups is 1. The third-order valence-electron chi connectivity index (χ3n) is 4.60. The molecule has 0 aromatic heterocycles. The average Bonchev–Trinajstić information content (AvgIpc) is 3.14. The molecule has 4 rings (SSSR count). The topological polar surface area (TPSA) is 57.1 Å². The molecule has 0 N–H and O–H groups in total. The van der Waals surface area contributed by atoms with Crippen LogP contribution in [0, 0.1) is 15.2 Å². The van der Waals surface area contributed by atoms with Crippen molar-refractivity contribution in [2.45, 2.75) is 13.5 Å². The van der Waals surface area contributed by atoms with E-state index in [1.54, 1.807) is 36.4 Å². The maximum atomic E-state index is 13.5. The first kappa shape index (κ1) is 22.9. The molecule has 0 fully saturated rings. The Morgan fingerprint density at radius 2 is 1.79 bits per heavy atom. The molecule has 33 heavy (non-hydrogen) atoms. The van der Waals surface area contributed by atoms with Crippen LogP contribution in [-0.2, 0) is 16.1 Å². The van der Waals surface area contributed by atoms with Crippen LogP contribution in [0.1, 0.15) is 23.6 Å². The van der Waals surface area contributed by atoms with E-state index in [0.29, 0.717) is 34.8 Å². The van der Waals surface area contributed by atoms with Crippen molar-refractivity contribution in [1.82, 2.24) is 0 Å². The minimum atomic E-state index is -0.631. The summed E-state index contributed by atoms with van der Waals surface area (Å²) in [5.41, 5.74) is 1.79. The lowest BCUT2D eigenvalue weighted by Crippen LogP contribution is -2.05. The molecular formula is C25H18F2INO4. The second kappa shape index (κ2) is 10.1. The van der Waals surface area contributed by atoms with Crippen molar-refractivity contribution < 1.29 is 27.8 Å². The highest BCUT2D eigenvalue weighted by molar-refractivity contribution is 14.1. The van der Waals surface area contributed by atoms with Gasteiger partial charge in [-0.15, -0.1) is 0 Å². The maximum Gasteiger partial charge on any atom is 0.363 e. The Morgan fingerprint density at radius 3 is 2.52 bits per heavy atom. The van der Waals surface area contributed by atoms with Crippen LogP contribution in [0.2, 0.25) is 0 Å². The minimum Gasteiger partial charge on any atom is -0.490 e. The van der Waals surface area contributed by atoms with E-state index in [2.05, 4.69) is 27.6 Å². The number of aliphatic imine (C=N–C) groups is 1.